The predicted octanol–water partition coefficient (Wildman–Crippen LogP) is 21.6. The van der Waals surface area contributed by atoms with Crippen molar-refractivity contribution in [3.63, 3.8) is 0 Å². The Bertz CT molecular complexity index is 5160. The largest absolute Gasteiger partial charge is 0.454 e. The standard InChI is InChI=1S/C73H55N3O4/c1-41-17-9-11-25-59(41)75(61-27-15-21-52-50-19-13-23-57(72(3,4)5)66(50)79-68(52)61)48-31-29-43-35-54-55-37-47(40-74)65-56-36-44-30-32-49(34-46(44)39-64(56)78-71(65)70(55)77-63(54)38-45(43)33-48)76(60-26-12-10-18-42(60)2)62-28-16-22-53-51-20-14-24-58(73(6,7)8)67(51)80-69(53)62/h9-39H,1-8H3. The number of anilines is 6. The summed E-state index contributed by atoms with van der Waals surface area (Å²) < 4.78 is 27.8. The van der Waals surface area contributed by atoms with E-state index >= 15 is 0 Å². The molecule has 0 fully saturated rings. The lowest BCUT2D eigenvalue weighted by Crippen LogP contribution is -2.11. The zero-order valence-electron chi connectivity index (χ0n) is 45.9. The second kappa shape index (κ2) is 17.1. The number of hydrogen-bond acceptors (Lipinski definition) is 7. The summed E-state index contributed by atoms with van der Waals surface area (Å²) in [7, 11) is 0. The molecule has 0 spiro atoms. The molecule has 0 saturated heterocycles. The second-order valence-corrected chi connectivity index (χ2v) is 23.7. The average Bonchev–Trinajstić information content (AvgIpc) is 4.28. The lowest BCUT2D eigenvalue weighted by atomic mass is 9.86. The number of hydrogen-bond donors (Lipinski definition) is 0. The SMILES string of the molecule is Cc1ccccc1N(c1ccc2cc3c(cc2c1)oc1c3cc(C#N)c2c3cc4ccc(N(c5ccccc5C)c5cccc6c5oc5c(C(C)(C)C)cccc56)cc4cc3oc12)c1cccc2c1oc1c(C(C)(C)C)cccc12. The van der Waals surface area contributed by atoms with Gasteiger partial charge >= 0.3 is 0 Å². The van der Waals surface area contributed by atoms with E-state index in [1.165, 1.54) is 11.1 Å². The molecule has 0 radical (unpaired) electrons. The molecular weight excluding hydrogens is 983 g/mol. The molecule has 0 aliphatic rings. The van der Waals surface area contributed by atoms with Gasteiger partial charge < -0.3 is 27.5 Å². The molecule has 0 N–H and O–H groups in total. The van der Waals surface area contributed by atoms with Gasteiger partial charge in [0.1, 0.15) is 22.3 Å². The number of rotatable bonds is 6. The van der Waals surface area contributed by atoms with Gasteiger partial charge in [0.15, 0.2) is 22.3 Å². The first kappa shape index (κ1) is 47.4. The molecule has 15 aromatic rings. The fourth-order valence-electron chi connectivity index (χ4n) is 12.6. The van der Waals surface area contributed by atoms with Crippen LogP contribution in [0.2, 0.25) is 0 Å². The van der Waals surface area contributed by atoms with Gasteiger partial charge in [-0.3, -0.25) is 0 Å². The molecule has 0 atom stereocenters. The molecule has 386 valence electrons. The Balaban J connectivity index is 0.875. The summed E-state index contributed by atoms with van der Waals surface area (Å²) in [5.74, 6) is 0. The number of benzene rings is 11. The minimum Gasteiger partial charge on any atom is -0.454 e. The van der Waals surface area contributed by atoms with Crippen LogP contribution in [0.3, 0.4) is 0 Å². The van der Waals surface area contributed by atoms with Crippen molar-refractivity contribution in [2.45, 2.75) is 66.2 Å². The summed E-state index contributed by atoms with van der Waals surface area (Å²) >= 11 is 0. The molecule has 7 nitrogen and oxygen atoms in total. The van der Waals surface area contributed by atoms with Gasteiger partial charge in [0.05, 0.1) is 23.0 Å². The second-order valence-electron chi connectivity index (χ2n) is 23.7. The third-order valence-electron chi connectivity index (χ3n) is 16.5. The maximum atomic E-state index is 10.9. The van der Waals surface area contributed by atoms with Crippen molar-refractivity contribution in [1.82, 2.24) is 0 Å². The third kappa shape index (κ3) is 7.11. The Kier molecular flexibility index (Phi) is 10.1. The lowest BCUT2D eigenvalue weighted by Gasteiger charge is -2.27. The van der Waals surface area contributed by atoms with Crippen molar-refractivity contribution >= 4 is 143 Å². The Morgan fingerprint density at radius 3 is 1.27 bits per heavy atom. The normalized spacial score (nSPS) is 12.5. The molecule has 0 amide bonds. The summed E-state index contributed by atoms with van der Waals surface area (Å²) in [5.41, 5.74) is 16.9. The molecule has 4 heterocycles. The van der Waals surface area contributed by atoms with E-state index in [0.717, 1.165) is 132 Å². The molecule has 80 heavy (non-hydrogen) atoms. The number of fused-ring (bicyclic) bond motifs is 15. The van der Waals surface area contributed by atoms with Crippen LogP contribution < -0.4 is 9.80 Å². The van der Waals surface area contributed by atoms with Crippen molar-refractivity contribution < 1.29 is 17.7 Å². The van der Waals surface area contributed by atoms with Gasteiger partial charge in [0.2, 0.25) is 0 Å². The first-order valence-corrected chi connectivity index (χ1v) is 27.4. The lowest BCUT2D eigenvalue weighted by molar-refractivity contribution is 0.572. The molecule has 15 rings (SSSR count). The predicted molar refractivity (Wildman–Crippen MR) is 332 cm³/mol. The fourth-order valence-corrected chi connectivity index (χ4v) is 12.6. The topological polar surface area (TPSA) is 82.8 Å². The molecular formula is C73H55N3O4. The van der Waals surface area contributed by atoms with Gasteiger partial charge in [0.25, 0.3) is 0 Å². The maximum Gasteiger partial charge on any atom is 0.179 e. The third-order valence-corrected chi connectivity index (χ3v) is 16.5. The van der Waals surface area contributed by atoms with Gasteiger partial charge in [-0.2, -0.15) is 5.26 Å². The number of furan rings is 4. The zero-order chi connectivity index (χ0) is 54.5. The van der Waals surface area contributed by atoms with E-state index in [9.17, 15) is 5.26 Å². The number of para-hydroxylation sites is 6. The molecule has 0 aliphatic carbocycles. The summed E-state index contributed by atoms with van der Waals surface area (Å²) in [5, 5.41) is 22.6. The van der Waals surface area contributed by atoms with E-state index < -0.39 is 0 Å². The van der Waals surface area contributed by atoms with Crippen molar-refractivity contribution in [2.24, 2.45) is 0 Å². The molecule has 0 saturated carbocycles. The van der Waals surface area contributed by atoms with E-state index in [-0.39, 0.29) is 10.8 Å². The highest BCUT2D eigenvalue weighted by Gasteiger charge is 2.28. The molecule has 0 unspecified atom stereocenters. The number of nitriles is 1. The summed E-state index contributed by atoms with van der Waals surface area (Å²) in [4.78, 5) is 4.62. The van der Waals surface area contributed by atoms with Crippen molar-refractivity contribution in [3.8, 4) is 6.07 Å². The smallest absolute Gasteiger partial charge is 0.179 e. The van der Waals surface area contributed by atoms with Gasteiger partial charge in [0, 0.05) is 77.0 Å². The van der Waals surface area contributed by atoms with E-state index in [1.54, 1.807) is 0 Å². The molecule has 11 aromatic carbocycles. The van der Waals surface area contributed by atoms with Crippen LogP contribution in [0, 0.1) is 25.2 Å². The highest BCUT2D eigenvalue weighted by molar-refractivity contribution is 6.23. The van der Waals surface area contributed by atoms with E-state index in [1.807, 2.05) is 6.07 Å². The van der Waals surface area contributed by atoms with E-state index in [4.69, 9.17) is 17.7 Å². The molecule has 0 aliphatic heterocycles. The fraction of sp³-hybridized carbons (Fsp3) is 0.137. The molecule has 4 aromatic heterocycles. The zero-order valence-corrected chi connectivity index (χ0v) is 45.9. The van der Waals surface area contributed by atoms with E-state index in [0.29, 0.717) is 27.9 Å². The van der Waals surface area contributed by atoms with Crippen molar-refractivity contribution in [2.75, 3.05) is 9.80 Å². The Morgan fingerprint density at radius 2 is 0.787 bits per heavy atom. The van der Waals surface area contributed by atoms with Crippen molar-refractivity contribution in [1.29, 1.82) is 5.26 Å². The van der Waals surface area contributed by atoms with Crippen LogP contribution in [-0.2, 0) is 10.8 Å². The monoisotopic (exact) mass is 1040 g/mol. The van der Waals surface area contributed by atoms with Crippen LogP contribution in [-0.4, -0.2) is 0 Å². The molecule has 7 heteroatoms. The Hall–Kier alpha value is -9.77. The summed E-state index contributed by atoms with van der Waals surface area (Å²) in [6.07, 6.45) is 0. The van der Waals surface area contributed by atoms with Crippen LogP contribution in [0.5, 0.6) is 0 Å². The van der Waals surface area contributed by atoms with Gasteiger partial charge in [-0.05, 0) is 136 Å². The minimum atomic E-state index is -0.106. The highest BCUT2D eigenvalue weighted by Crippen LogP contribution is 2.49. The minimum absolute atomic E-state index is 0.104. The quantitative estimate of drug-likeness (QED) is 0.164. The van der Waals surface area contributed by atoms with E-state index in [2.05, 4.69) is 253 Å². The Morgan fingerprint density at radius 1 is 0.350 bits per heavy atom. The summed E-state index contributed by atoms with van der Waals surface area (Å²) in [6, 6.07) is 69.0. The van der Waals surface area contributed by atoms with Crippen LogP contribution in [0.1, 0.15) is 69.4 Å². The summed E-state index contributed by atoms with van der Waals surface area (Å²) in [6.45, 7) is 17.7. The van der Waals surface area contributed by atoms with Crippen LogP contribution >= 0.6 is 0 Å². The van der Waals surface area contributed by atoms with Crippen molar-refractivity contribution in [3.05, 3.63) is 216 Å². The number of nitrogens with zero attached hydrogens (tertiary/aromatic N) is 3. The average molecular weight is 1040 g/mol. The maximum absolute atomic E-state index is 10.9. The van der Waals surface area contributed by atoms with Gasteiger partial charge in [-0.25, -0.2) is 0 Å². The number of aryl methyl sites for hydroxylation is 2. The van der Waals surface area contributed by atoms with Crippen LogP contribution in [0.15, 0.2) is 206 Å². The first-order valence-electron chi connectivity index (χ1n) is 27.4. The highest BCUT2D eigenvalue weighted by atomic mass is 16.4. The Labute approximate surface area is 462 Å². The van der Waals surface area contributed by atoms with Gasteiger partial charge in [-0.1, -0.05) is 151 Å². The molecule has 0 bridgehead atoms. The van der Waals surface area contributed by atoms with Crippen LogP contribution in [0.25, 0.3) is 109 Å². The van der Waals surface area contributed by atoms with Gasteiger partial charge in [-0.15, -0.1) is 0 Å². The van der Waals surface area contributed by atoms with Crippen LogP contribution in [0.4, 0.5) is 34.1 Å². The first-order chi connectivity index (χ1) is 38.7.